The number of hydrogen-bond donors (Lipinski definition) is 1. The van der Waals surface area contributed by atoms with E-state index in [0.29, 0.717) is 38.4 Å². The molecule has 0 radical (unpaired) electrons. The summed E-state index contributed by atoms with van der Waals surface area (Å²) in [6.07, 6.45) is 0. The minimum atomic E-state index is -3.61. The third-order valence-corrected chi connectivity index (χ3v) is 6.59. The summed E-state index contributed by atoms with van der Waals surface area (Å²) in [7, 11) is -3.61. The topological polar surface area (TPSA) is 79.0 Å². The van der Waals surface area contributed by atoms with E-state index < -0.39 is 10.0 Å². The summed E-state index contributed by atoms with van der Waals surface area (Å²) in [6, 6.07) is 6.43. The maximum atomic E-state index is 12.7. The predicted octanol–water partition coefficient (Wildman–Crippen LogP) is 1.17. The fourth-order valence-corrected chi connectivity index (χ4v) is 4.51. The summed E-state index contributed by atoms with van der Waals surface area (Å²) in [6.45, 7) is 10.0. The van der Waals surface area contributed by atoms with E-state index in [-0.39, 0.29) is 16.8 Å². The first-order valence-electron chi connectivity index (χ1n) is 9.10. The number of rotatable bonds is 8. The van der Waals surface area contributed by atoms with Gasteiger partial charge >= 0.3 is 0 Å². The van der Waals surface area contributed by atoms with Gasteiger partial charge in [-0.15, -0.1) is 0 Å². The lowest BCUT2D eigenvalue weighted by molar-refractivity contribution is 0.0730. The van der Waals surface area contributed by atoms with E-state index in [0.717, 1.165) is 13.1 Å². The van der Waals surface area contributed by atoms with Crippen molar-refractivity contribution in [3.05, 3.63) is 29.8 Å². The number of amides is 1. The van der Waals surface area contributed by atoms with Gasteiger partial charge in [0.05, 0.1) is 18.1 Å². The van der Waals surface area contributed by atoms with E-state index in [9.17, 15) is 13.2 Å². The zero-order valence-corrected chi connectivity index (χ0v) is 16.6. The van der Waals surface area contributed by atoms with Crippen molar-refractivity contribution in [2.75, 3.05) is 45.9 Å². The summed E-state index contributed by atoms with van der Waals surface area (Å²) in [5.41, 5.74) is 0.353. The van der Waals surface area contributed by atoms with Gasteiger partial charge in [0, 0.05) is 31.2 Å². The maximum absolute atomic E-state index is 12.7. The molecule has 1 N–H and O–H groups in total. The van der Waals surface area contributed by atoms with Crippen LogP contribution < -0.4 is 5.32 Å². The molecule has 1 unspecified atom stereocenters. The number of sulfonamides is 1. The Balaban J connectivity index is 2.07. The number of benzene rings is 1. The predicted molar refractivity (Wildman–Crippen MR) is 101 cm³/mol. The molecule has 26 heavy (non-hydrogen) atoms. The normalized spacial score (nSPS) is 17.2. The number of carbonyl (C=O) groups is 1. The minimum Gasteiger partial charge on any atom is -0.379 e. The van der Waals surface area contributed by atoms with Gasteiger partial charge in [-0.3, -0.25) is 9.69 Å². The first-order chi connectivity index (χ1) is 12.4. The number of hydrogen-bond acceptors (Lipinski definition) is 5. The van der Waals surface area contributed by atoms with Crippen molar-refractivity contribution in [2.45, 2.75) is 31.7 Å². The van der Waals surface area contributed by atoms with Crippen LogP contribution in [0.4, 0.5) is 0 Å². The van der Waals surface area contributed by atoms with Gasteiger partial charge in [0.2, 0.25) is 10.0 Å². The van der Waals surface area contributed by atoms with Crippen molar-refractivity contribution in [1.29, 1.82) is 0 Å². The lowest BCUT2D eigenvalue weighted by Crippen LogP contribution is -2.42. The summed E-state index contributed by atoms with van der Waals surface area (Å²) >= 11 is 0. The third kappa shape index (κ3) is 5.03. The van der Waals surface area contributed by atoms with Crippen LogP contribution in [0.5, 0.6) is 0 Å². The van der Waals surface area contributed by atoms with Crippen molar-refractivity contribution in [3.63, 3.8) is 0 Å². The fraction of sp³-hybridized carbons (Fsp3) is 0.611. The molecule has 8 heteroatoms. The molecule has 1 amide bonds. The van der Waals surface area contributed by atoms with Gasteiger partial charge < -0.3 is 10.1 Å². The molecule has 0 aliphatic carbocycles. The molecule has 1 aliphatic heterocycles. The molecule has 146 valence electrons. The Bertz CT molecular complexity index is 698. The zero-order chi connectivity index (χ0) is 19.2. The Morgan fingerprint density at radius 2 is 1.92 bits per heavy atom. The Labute approximate surface area is 156 Å². The van der Waals surface area contributed by atoms with Crippen LogP contribution in [0.15, 0.2) is 29.2 Å². The molecule has 0 bridgehead atoms. The molecule has 1 aromatic rings. The van der Waals surface area contributed by atoms with E-state index in [4.69, 9.17) is 4.74 Å². The average molecular weight is 384 g/mol. The first-order valence-corrected chi connectivity index (χ1v) is 10.5. The molecule has 1 saturated heterocycles. The van der Waals surface area contributed by atoms with Crippen LogP contribution in [0.1, 0.15) is 31.1 Å². The minimum absolute atomic E-state index is 0.142. The molecule has 0 spiro atoms. The molecule has 1 aromatic carbocycles. The molecular formula is C18H29N3O4S. The standard InChI is InChI=1S/C18H29N3O4S/c1-4-20(5-2)15(3)14-19-18(22)16-7-6-8-17(13-16)26(23,24)21-9-11-25-12-10-21/h6-8,13,15H,4-5,9-12,14H2,1-3H3,(H,19,22). The van der Waals surface area contributed by atoms with E-state index in [1.807, 2.05) is 0 Å². The van der Waals surface area contributed by atoms with Crippen molar-refractivity contribution in [3.8, 4) is 0 Å². The quantitative estimate of drug-likeness (QED) is 0.729. The molecule has 7 nitrogen and oxygen atoms in total. The summed E-state index contributed by atoms with van der Waals surface area (Å²) in [4.78, 5) is 14.8. The molecular weight excluding hydrogens is 354 g/mol. The van der Waals surface area contributed by atoms with E-state index in [1.165, 1.54) is 16.4 Å². The van der Waals surface area contributed by atoms with E-state index in [1.54, 1.807) is 12.1 Å². The second kappa shape index (κ2) is 9.45. The molecule has 0 saturated carbocycles. The van der Waals surface area contributed by atoms with Gasteiger partial charge in [0.25, 0.3) is 5.91 Å². The van der Waals surface area contributed by atoms with Crippen molar-refractivity contribution < 1.29 is 17.9 Å². The average Bonchev–Trinajstić information content (AvgIpc) is 2.67. The highest BCUT2D eigenvalue weighted by Gasteiger charge is 2.26. The van der Waals surface area contributed by atoms with E-state index >= 15 is 0 Å². The molecule has 2 rings (SSSR count). The Hall–Kier alpha value is -1.48. The van der Waals surface area contributed by atoms with Gasteiger partial charge in [-0.25, -0.2) is 8.42 Å². The molecule has 1 fully saturated rings. The number of nitrogens with one attached hydrogen (secondary N) is 1. The van der Waals surface area contributed by atoms with Crippen molar-refractivity contribution >= 4 is 15.9 Å². The Morgan fingerprint density at radius 1 is 1.27 bits per heavy atom. The number of nitrogens with zero attached hydrogens (tertiary/aromatic N) is 2. The van der Waals surface area contributed by atoms with Crippen LogP contribution in [-0.2, 0) is 14.8 Å². The maximum Gasteiger partial charge on any atom is 0.251 e. The second-order valence-electron chi connectivity index (χ2n) is 6.32. The smallest absolute Gasteiger partial charge is 0.251 e. The van der Waals surface area contributed by atoms with Crippen molar-refractivity contribution in [1.82, 2.24) is 14.5 Å². The highest BCUT2D eigenvalue weighted by molar-refractivity contribution is 7.89. The molecule has 1 atom stereocenters. The number of morpholine rings is 1. The Kier molecular flexibility index (Phi) is 7.57. The zero-order valence-electron chi connectivity index (χ0n) is 15.8. The van der Waals surface area contributed by atoms with Gasteiger partial charge in [-0.05, 0) is 38.2 Å². The van der Waals surface area contributed by atoms with Crippen LogP contribution >= 0.6 is 0 Å². The monoisotopic (exact) mass is 383 g/mol. The summed E-state index contributed by atoms with van der Waals surface area (Å²) < 4.78 is 32.1. The van der Waals surface area contributed by atoms with Crippen LogP contribution in [0.2, 0.25) is 0 Å². The lowest BCUT2D eigenvalue weighted by atomic mass is 10.2. The Morgan fingerprint density at radius 3 is 2.54 bits per heavy atom. The highest BCUT2D eigenvalue weighted by Crippen LogP contribution is 2.18. The fourth-order valence-electron chi connectivity index (χ4n) is 3.05. The third-order valence-electron chi connectivity index (χ3n) is 4.70. The van der Waals surface area contributed by atoms with Crippen LogP contribution in [0.3, 0.4) is 0 Å². The van der Waals surface area contributed by atoms with Crippen LogP contribution in [0, 0.1) is 0 Å². The van der Waals surface area contributed by atoms with Gasteiger partial charge in [0.1, 0.15) is 0 Å². The SMILES string of the molecule is CCN(CC)C(C)CNC(=O)c1cccc(S(=O)(=O)N2CCOCC2)c1. The van der Waals surface area contributed by atoms with Gasteiger partial charge in [-0.2, -0.15) is 4.31 Å². The lowest BCUT2D eigenvalue weighted by Gasteiger charge is -2.27. The summed E-state index contributed by atoms with van der Waals surface area (Å²) in [5.74, 6) is -0.261. The number of carbonyl (C=O) groups excluding carboxylic acids is 1. The second-order valence-corrected chi connectivity index (χ2v) is 8.26. The number of likely N-dealkylation sites (N-methyl/N-ethyl adjacent to an activating group) is 1. The molecule has 1 heterocycles. The van der Waals surface area contributed by atoms with Gasteiger partial charge in [0.15, 0.2) is 0 Å². The highest BCUT2D eigenvalue weighted by atomic mass is 32.2. The molecule has 0 aromatic heterocycles. The number of ether oxygens (including phenoxy) is 1. The largest absolute Gasteiger partial charge is 0.379 e. The van der Waals surface area contributed by atoms with Gasteiger partial charge in [-0.1, -0.05) is 19.9 Å². The summed E-state index contributed by atoms with van der Waals surface area (Å²) in [5, 5.41) is 2.90. The van der Waals surface area contributed by atoms with Crippen LogP contribution in [0.25, 0.3) is 0 Å². The van der Waals surface area contributed by atoms with Crippen LogP contribution in [-0.4, -0.2) is 75.5 Å². The molecule has 1 aliphatic rings. The van der Waals surface area contributed by atoms with Crippen molar-refractivity contribution in [2.24, 2.45) is 0 Å². The van der Waals surface area contributed by atoms with E-state index in [2.05, 4.69) is 31.0 Å². The first kappa shape index (κ1) is 20.8.